The Labute approximate surface area is 110 Å². The van der Waals surface area contributed by atoms with E-state index >= 15 is 0 Å². The third-order valence-electron chi connectivity index (χ3n) is 2.44. The first-order valence-corrected chi connectivity index (χ1v) is 6.11. The summed E-state index contributed by atoms with van der Waals surface area (Å²) < 4.78 is 13.0. The van der Waals surface area contributed by atoms with Gasteiger partial charge in [0.15, 0.2) is 0 Å². The smallest absolute Gasteiger partial charge is 0.148 e. The topological polar surface area (TPSA) is 37.8 Å². The zero-order chi connectivity index (χ0) is 13.0. The van der Waals surface area contributed by atoms with Crippen LogP contribution >= 0.6 is 11.6 Å². The van der Waals surface area contributed by atoms with Crippen molar-refractivity contribution in [3.63, 3.8) is 0 Å². The van der Waals surface area contributed by atoms with Gasteiger partial charge < -0.3 is 5.32 Å². The van der Waals surface area contributed by atoms with Gasteiger partial charge in [0.1, 0.15) is 11.6 Å². The lowest BCUT2D eigenvalue weighted by Crippen LogP contribution is -2.02. The van der Waals surface area contributed by atoms with E-state index in [1.54, 1.807) is 12.1 Å². The summed E-state index contributed by atoms with van der Waals surface area (Å²) in [6.07, 6.45) is 1.02. The summed E-state index contributed by atoms with van der Waals surface area (Å²) in [6, 6.07) is 8.16. The van der Waals surface area contributed by atoms with E-state index in [1.165, 1.54) is 6.07 Å². The van der Waals surface area contributed by atoms with Crippen LogP contribution in [0.1, 0.15) is 13.3 Å². The van der Waals surface area contributed by atoms with Gasteiger partial charge in [-0.25, -0.2) is 4.39 Å². The van der Waals surface area contributed by atoms with Crippen molar-refractivity contribution in [2.24, 2.45) is 0 Å². The van der Waals surface area contributed by atoms with E-state index in [-0.39, 0.29) is 5.02 Å². The molecule has 1 aromatic heterocycles. The molecule has 0 amide bonds. The maximum absolute atomic E-state index is 13.0. The first kappa shape index (κ1) is 12.8. The molecule has 5 heteroatoms. The maximum atomic E-state index is 13.0. The van der Waals surface area contributed by atoms with E-state index in [0.29, 0.717) is 5.69 Å². The summed E-state index contributed by atoms with van der Waals surface area (Å²) >= 11 is 5.73. The molecule has 18 heavy (non-hydrogen) atoms. The zero-order valence-corrected chi connectivity index (χ0v) is 10.7. The fraction of sp³-hybridized carbons (Fsp3) is 0.231. The Morgan fingerprint density at radius 3 is 2.67 bits per heavy atom. The highest BCUT2D eigenvalue weighted by Crippen LogP contribution is 2.23. The lowest BCUT2D eigenvalue weighted by atomic mass is 10.1. The van der Waals surface area contributed by atoms with Gasteiger partial charge in [0.2, 0.25) is 0 Å². The molecule has 2 rings (SSSR count). The Hall–Kier alpha value is -1.68. The highest BCUT2D eigenvalue weighted by molar-refractivity contribution is 6.31. The SMILES string of the molecule is CCCNc1ccc(-c2ccc(F)c(Cl)c2)nn1. The number of benzene rings is 1. The number of anilines is 1. The molecule has 0 spiro atoms. The number of rotatable bonds is 4. The predicted molar refractivity (Wildman–Crippen MR) is 71.2 cm³/mol. The minimum absolute atomic E-state index is 0.0856. The summed E-state index contributed by atoms with van der Waals surface area (Å²) in [4.78, 5) is 0. The Kier molecular flexibility index (Phi) is 4.10. The summed E-state index contributed by atoms with van der Waals surface area (Å²) in [7, 11) is 0. The first-order valence-electron chi connectivity index (χ1n) is 5.73. The van der Waals surface area contributed by atoms with E-state index in [9.17, 15) is 4.39 Å². The van der Waals surface area contributed by atoms with Gasteiger partial charge in [-0.15, -0.1) is 10.2 Å². The number of nitrogens with zero attached hydrogens (tertiary/aromatic N) is 2. The Morgan fingerprint density at radius 1 is 1.22 bits per heavy atom. The lowest BCUT2D eigenvalue weighted by Gasteiger charge is -2.04. The molecule has 0 atom stereocenters. The highest BCUT2D eigenvalue weighted by Gasteiger charge is 2.05. The molecule has 3 nitrogen and oxygen atoms in total. The van der Waals surface area contributed by atoms with Crippen molar-refractivity contribution in [1.29, 1.82) is 0 Å². The van der Waals surface area contributed by atoms with E-state index < -0.39 is 5.82 Å². The van der Waals surface area contributed by atoms with Crippen LogP contribution < -0.4 is 5.32 Å². The summed E-state index contributed by atoms with van der Waals surface area (Å²) in [5, 5.41) is 11.3. The van der Waals surface area contributed by atoms with Crippen molar-refractivity contribution in [2.75, 3.05) is 11.9 Å². The fourth-order valence-electron chi connectivity index (χ4n) is 1.49. The molecule has 1 N–H and O–H groups in total. The molecular weight excluding hydrogens is 253 g/mol. The van der Waals surface area contributed by atoms with Crippen molar-refractivity contribution in [3.05, 3.63) is 41.2 Å². The molecule has 0 saturated carbocycles. The Balaban J connectivity index is 2.20. The quantitative estimate of drug-likeness (QED) is 0.915. The number of hydrogen-bond acceptors (Lipinski definition) is 3. The van der Waals surface area contributed by atoms with Crippen molar-refractivity contribution in [2.45, 2.75) is 13.3 Å². The van der Waals surface area contributed by atoms with Crippen LogP contribution in [0.5, 0.6) is 0 Å². The van der Waals surface area contributed by atoms with Crippen LogP contribution in [0.2, 0.25) is 5.02 Å². The average molecular weight is 266 g/mol. The van der Waals surface area contributed by atoms with Gasteiger partial charge in [-0.05, 0) is 36.8 Å². The van der Waals surface area contributed by atoms with Gasteiger partial charge in [0, 0.05) is 12.1 Å². The number of hydrogen-bond donors (Lipinski definition) is 1. The van der Waals surface area contributed by atoms with E-state index in [1.807, 2.05) is 12.1 Å². The summed E-state index contributed by atoms with van der Waals surface area (Å²) in [5.41, 5.74) is 1.41. The normalized spacial score (nSPS) is 10.4. The summed E-state index contributed by atoms with van der Waals surface area (Å²) in [5.74, 6) is 0.295. The van der Waals surface area contributed by atoms with Crippen LogP contribution in [0.25, 0.3) is 11.3 Å². The van der Waals surface area contributed by atoms with Gasteiger partial charge >= 0.3 is 0 Å². The third kappa shape index (κ3) is 2.96. The zero-order valence-electron chi connectivity index (χ0n) is 9.95. The standard InChI is InChI=1S/C13H13ClFN3/c1-2-7-16-13-6-5-12(17-18-13)9-3-4-11(15)10(14)8-9/h3-6,8H,2,7H2,1H3,(H,16,18). The van der Waals surface area contributed by atoms with Crippen LogP contribution in [0.15, 0.2) is 30.3 Å². The molecule has 0 unspecified atom stereocenters. The molecule has 2 aromatic rings. The van der Waals surface area contributed by atoms with Crippen molar-refractivity contribution in [3.8, 4) is 11.3 Å². The van der Waals surface area contributed by atoms with E-state index in [4.69, 9.17) is 11.6 Å². The third-order valence-corrected chi connectivity index (χ3v) is 2.73. The number of nitrogens with one attached hydrogen (secondary N) is 1. The van der Waals surface area contributed by atoms with Gasteiger partial charge in [-0.2, -0.15) is 0 Å². The van der Waals surface area contributed by atoms with E-state index in [2.05, 4.69) is 22.4 Å². The van der Waals surface area contributed by atoms with Crippen LogP contribution in [0.3, 0.4) is 0 Å². The first-order chi connectivity index (χ1) is 8.70. The number of aromatic nitrogens is 2. The van der Waals surface area contributed by atoms with Crippen LogP contribution in [-0.2, 0) is 0 Å². The van der Waals surface area contributed by atoms with E-state index in [0.717, 1.165) is 24.3 Å². The molecule has 1 aromatic carbocycles. The van der Waals surface area contributed by atoms with Crippen LogP contribution in [0.4, 0.5) is 10.2 Å². The molecule has 0 aliphatic rings. The monoisotopic (exact) mass is 265 g/mol. The molecule has 0 aliphatic heterocycles. The highest BCUT2D eigenvalue weighted by atomic mass is 35.5. The molecule has 0 fully saturated rings. The van der Waals surface area contributed by atoms with Crippen LogP contribution in [-0.4, -0.2) is 16.7 Å². The van der Waals surface area contributed by atoms with Crippen molar-refractivity contribution in [1.82, 2.24) is 10.2 Å². The fourth-order valence-corrected chi connectivity index (χ4v) is 1.67. The molecule has 0 radical (unpaired) electrons. The Morgan fingerprint density at radius 2 is 2.06 bits per heavy atom. The molecule has 0 aliphatic carbocycles. The minimum atomic E-state index is -0.436. The molecule has 1 heterocycles. The maximum Gasteiger partial charge on any atom is 0.148 e. The lowest BCUT2D eigenvalue weighted by molar-refractivity contribution is 0.628. The second-order valence-electron chi connectivity index (χ2n) is 3.86. The second kappa shape index (κ2) is 5.78. The van der Waals surface area contributed by atoms with Crippen molar-refractivity contribution >= 4 is 17.4 Å². The Bertz CT molecular complexity index is 528. The molecular formula is C13H13ClFN3. The number of halogens is 2. The van der Waals surface area contributed by atoms with Crippen molar-refractivity contribution < 1.29 is 4.39 Å². The predicted octanol–water partition coefficient (Wildman–Crippen LogP) is 3.76. The molecule has 0 saturated heterocycles. The van der Waals surface area contributed by atoms with Gasteiger partial charge in [0.25, 0.3) is 0 Å². The van der Waals surface area contributed by atoms with Gasteiger partial charge in [-0.1, -0.05) is 18.5 Å². The average Bonchev–Trinajstić information content (AvgIpc) is 2.40. The van der Waals surface area contributed by atoms with Gasteiger partial charge in [-0.3, -0.25) is 0 Å². The molecule has 94 valence electrons. The largest absolute Gasteiger partial charge is 0.369 e. The minimum Gasteiger partial charge on any atom is -0.369 e. The summed E-state index contributed by atoms with van der Waals surface area (Å²) in [6.45, 7) is 2.94. The van der Waals surface area contributed by atoms with Gasteiger partial charge in [0.05, 0.1) is 10.7 Å². The molecule has 0 bridgehead atoms. The van der Waals surface area contributed by atoms with Crippen LogP contribution in [0, 0.1) is 5.82 Å². The second-order valence-corrected chi connectivity index (χ2v) is 4.27.